The van der Waals surface area contributed by atoms with Crippen molar-refractivity contribution in [2.75, 3.05) is 7.11 Å². The summed E-state index contributed by atoms with van der Waals surface area (Å²) in [5.41, 5.74) is 7.10. The van der Waals surface area contributed by atoms with Crippen LogP contribution < -0.4 is 5.73 Å². The highest BCUT2D eigenvalue weighted by Crippen LogP contribution is 2.40. The fourth-order valence-electron chi connectivity index (χ4n) is 2.20. The van der Waals surface area contributed by atoms with Gasteiger partial charge < -0.3 is 10.5 Å². The van der Waals surface area contributed by atoms with Crippen molar-refractivity contribution in [3.05, 3.63) is 11.9 Å². The highest BCUT2D eigenvalue weighted by molar-refractivity contribution is 5.04. The van der Waals surface area contributed by atoms with E-state index in [1.165, 1.54) is 6.42 Å². The van der Waals surface area contributed by atoms with E-state index in [-0.39, 0.29) is 11.6 Å². The van der Waals surface area contributed by atoms with E-state index in [9.17, 15) is 0 Å². The van der Waals surface area contributed by atoms with Gasteiger partial charge in [0, 0.05) is 14.2 Å². The van der Waals surface area contributed by atoms with Gasteiger partial charge in [-0.05, 0) is 25.7 Å². The summed E-state index contributed by atoms with van der Waals surface area (Å²) in [5, 5.41) is 7.72. The molecular formula is C10H18N4O. The first-order valence-electron chi connectivity index (χ1n) is 5.32. The van der Waals surface area contributed by atoms with Crippen LogP contribution in [0.2, 0.25) is 0 Å². The van der Waals surface area contributed by atoms with Crippen molar-refractivity contribution in [3.8, 4) is 0 Å². The summed E-state index contributed by atoms with van der Waals surface area (Å²) in [6.07, 6.45) is 6.05. The van der Waals surface area contributed by atoms with E-state index in [0.717, 1.165) is 25.0 Å². The van der Waals surface area contributed by atoms with Gasteiger partial charge in [-0.25, -0.2) is 0 Å². The van der Waals surface area contributed by atoms with Crippen LogP contribution in [0, 0.1) is 0 Å². The molecule has 0 saturated heterocycles. The fourth-order valence-corrected chi connectivity index (χ4v) is 2.20. The Morgan fingerprint density at radius 2 is 2.40 bits per heavy atom. The SMILES string of the molecule is COC1(CC(N)c2cnnn2C)CCC1. The van der Waals surface area contributed by atoms with Crippen molar-refractivity contribution in [3.63, 3.8) is 0 Å². The zero-order chi connectivity index (χ0) is 10.9. The van der Waals surface area contributed by atoms with Crippen molar-refractivity contribution in [2.24, 2.45) is 12.8 Å². The van der Waals surface area contributed by atoms with Crippen LogP contribution in [0.15, 0.2) is 6.20 Å². The Bertz CT molecular complexity index is 326. The predicted octanol–water partition coefficient (Wildman–Crippen LogP) is 0.774. The van der Waals surface area contributed by atoms with Crippen molar-refractivity contribution in [1.29, 1.82) is 0 Å². The van der Waals surface area contributed by atoms with Gasteiger partial charge in [0.15, 0.2) is 0 Å². The standard InChI is InChI=1S/C10H18N4O/c1-14-9(7-12-13-14)8(11)6-10(15-2)4-3-5-10/h7-8H,3-6,11H2,1-2H3. The summed E-state index contributed by atoms with van der Waals surface area (Å²) in [4.78, 5) is 0. The summed E-state index contributed by atoms with van der Waals surface area (Å²) in [6, 6.07) is -0.0368. The summed E-state index contributed by atoms with van der Waals surface area (Å²) in [6.45, 7) is 0. The number of hydrogen-bond donors (Lipinski definition) is 1. The molecule has 1 fully saturated rings. The minimum atomic E-state index is -0.0368. The van der Waals surface area contributed by atoms with E-state index < -0.39 is 0 Å². The van der Waals surface area contributed by atoms with Gasteiger partial charge in [-0.2, -0.15) is 0 Å². The predicted molar refractivity (Wildman–Crippen MR) is 56.1 cm³/mol. The largest absolute Gasteiger partial charge is 0.378 e. The van der Waals surface area contributed by atoms with Gasteiger partial charge in [0.05, 0.1) is 23.5 Å². The van der Waals surface area contributed by atoms with Crippen molar-refractivity contribution in [1.82, 2.24) is 15.0 Å². The molecule has 1 atom stereocenters. The van der Waals surface area contributed by atoms with Crippen molar-refractivity contribution in [2.45, 2.75) is 37.3 Å². The lowest BCUT2D eigenvalue weighted by atomic mass is 9.75. The molecule has 1 heterocycles. The Morgan fingerprint density at radius 3 is 2.80 bits per heavy atom. The quantitative estimate of drug-likeness (QED) is 0.797. The van der Waals surface area contributed by atoms with E-state index in [0.29, 0.717) is 0 Å². The molecule has 1 aliphatic carbocycles. The molecule has 0 spiro atoms. The van der Waals surface area contributed by atoms with Crippen LogP contribution in [-0.4, -0.2) is 27.7 Å². The molecule has 0 radical (unpaired) electrons. The molecule has 1 aliphatic rings. The van der Waals surface area contributed by atoms with Crippen LogP contribution in [0.5, 0.6) is 0 Å². The molecule has 1 saturated carbocycles. The van der Waals surface area contributed by atoms with E-state index in [1.807, 2.05) is 7.05 Å². The lowest BCUT2D eigenvalue weighted by Gasteiger charge is -2.42. The van der Waals surface area contributed by atoms with Crippen molar-refractivity contribution < 1.29 is 4.74 Å². The smallest absolute Gasteiger partial charge is 0.0752 e. The third kappa shape index (κ3) is 1.89. The number of rotatable bonds is 4. The normalized spacial score (nSPS) is 21.0. The molecule has 1 aromatic rings. The van der Waals surface area contributed by atoms with Gasteiger partial charge in [-0.3, -0.25) is 4.68 Å². The molecule has 2 N–H and O–H groups in total. The summed E-state index contributed by atoms with van der Waals surface area (Å²) >= 11 is 0. The second-order valence-electron chi connectivity index (χ2n) is 4.33. The van der Waals surface area contributed by atoms with Crippen LogP contribution in [0.4, 0.5) is 0 Å². The van der Waals surface area contributed by atoms with E-state index in [4.69, 9.17) is 10.5 Å². The lowest BCUT2D eigenvalue weighted by Crippen LogP contribution is -2.42. The topological polar surface area (TPSA) is 66.0 Å². The molecule has 0 bridgehead atoms. The Labute approximate surface area is 89.6 Å². The summed E-state index contributed by atoms with van der Waals surface area (Å²) in [7, 11) is 3.63. The van der Waals surface area contributed by atoms with E-state index in [2.05, 4.69) is 10.3 Å². The third-order valence-corrected chi connectivity index (χ3v) is 3.42. The lowest BCUT2D eigenvalue weighted by molar-refractivity contribution is -0.0820. The summed E-state index contributed by atoms with van der Waals surface area (Å²) < 4.78 is 7.28. The van der Waals surface area contributed by atoms with E-state index in [1.54, 1.807) is 18.0 Å². The Kier molecular flexibility index (Phi) is 2.75. The van der Waals surface area contributed by atoms with E-state index >= 15 is 0 Å². The second kappa shape index (κ2) is 3.90. The van der Waals surface area contributed by atoms with Gasteiger partial charge in [-0.15, -0.1) is 5.10 Å². The first-order chi connectivity index (χ1) is 7.17. The molecule has 5 heteroatoms. The molecule has 15 heavy (non-hydrogen) atoms. The minimum absolute atomic E-state index is 0.00366. The van der Waals surface area contributed by atoms with Crippen LogP contribution in [0.25, 0.3) is 0 Å². The van der Waals surface area contributed by atoms with Crippen LogP contribution in [-0.2, 0) is 11.8 Å². The Morgan fingerprint density at radius 1 is 1.67 bits per heavy atom. The average Bonchev–Trinajstić information content (AvgIpc) is 2.58. The zero-order valence-corrected chi connectivity index (χ0v) is 9.31. The first kappa shape index (κ1) is 10.6. The second-order valence-corrected chi connectivity index (χ2v) is 4.33. The Hall–Kier alpha value is -0.940. The fraction of sp³-hybridized carbons (Fsp3) is 0.800. The molecule has 84 valence electrons. The maximum Gasteiger partial charge on any atom is 0.0752 e. The molecule has 5 nitrogen and oxygen atoms in total. The molecule has 0 aliphatic heterocycles. The van der Waals surface area contributed by atoms with Gasteiger partial charge in [0.25, 0.3) is 0 Å². The molecule has 0 aromatic carbocycles. The Balaban J connectivity index is 2.03. The molecular weight excluding hydrogens is 192 g/mol. The van der Waals surface area contributed by atoms with Gasteiger partial charge in [0.2, 0.25) is 0 Å². The van der Waals surface area contributed by atoms with Gasteiger partial charge >= 0.3 is 0 Å². The number of methoxy groups -OCH3 is 1. The van der Waals surface area contributed by atoms with Crippen LogP contribution in [0.1, 0.15) is 37.4 Å². The highest BCUT2D eigenvalue weighted by Gasteiger charge is 2.39. The van der Waals surface area contributed by atoms with Gasteiger partial charge in [-0.1, -0.05) is 5.21 Å². The molecule has 1 aromatic heterocycles. The minimum Gasteiger partial charge on any atom is -0.378 e. The molecule has 1 unspecified atom stereocenters. The van der Waals surface area contributed by atoms with Crippen molar-refractivity contribution >= 4 is 0 Å². The third-order valence-electron chi connectivity index (χ3n) is 3.42. The summed E-state index contributed by atoms with van der Waals surface area (Å²) in [5.74, 6) is 0. The van der Waals surface area contributed by atoms with Crippen LogP contribution >= 0.6 is 0 Å². The molecule has 0 amide bonds. The average molecular weight is 210 g/mol. The number of aryl methyl sites for hydroxylation is 1. The maximum atomic E-state index is 6.13. The highest BCUT2D eigenvalue weighted by atomic mass is 16.5. The monoisotopic (exact) mass is 210 g/mol. The number of ether oxygens (including phenoxy) is 1. The van der Waals surface area contributed by atoms with Gasteiger partial charge in [0.1, 0.15) is 0 Å². The number of hydrogen-bond acceptors (Lipinski definition) is 4. The molecule has 2 rings (SSSR count). The zero-order valence-electron chi connectivity index (χ0n) is 9.31. The maximum absolute atomic E-state index is 6.13. The number of aromatic nitrogens is 3. The first-order valence-corrected chi connectivity index (χ1v) is 5.32. The number of nitrogens with zero attached hydrogens (tertiary/aromatic N) is 3. The number of nitrogens with two attached hydrogens (primary N) is 1. The van der Waals surface area contributed by atoms with Crippen LogP contribution in [0.3, 0.4) is 0 Å².